The van der Waals surface area contributed by atoms with Crippen LogP contribution in [-0.4, -0.2) is 44.9 Å². The lowest BCUT2D eigenvalue weighted by molar-refractivity contribution is 0.129. The molecule has 0 aromatic carbocycles. The van der Waals surface area contributed by atoms with E-state index in [1.165, 1.54) is 12.8 Å². The summed E-state index contributed by atoms with van der Waals surface area (Å²) in [6, 6.07) is 0. The van der Waals surface area contributed by atoms with Crippen molar-refractivity contribution in [3.8, 4) is 0 Å². The molecule has 2 rings (SSSR count). The van der Waals surface area contributed by atoms with Crippen molar-refractivity contribution in [1.29, 1.82) is 0 Å². The maximum atomic E-state index is 12.4. The van der Waals surface area contributed by atoms with Crippen molar-refractivity contribution in [3.05, 3.63) is 11.4 Å². The summed E-state index contributed by atoms with van der Waals surface area (Å²) in [6.07, 6.45) is 2.46. The first-order valence-corrected chi connectivity index (χ1v) is 8.85. The number of hydrogen-bond acceptors (Lipinski definition) is 5. The minimum atomic E-state index is -3.56. The Bertz CT molecular complexity index is 552. The molecule has 1 aliphatic carbocycles. The molecule has 1 aromatic rings. The van der Waals surface area contributed by atoms with Crippen molar-refractivity contribution in [2.45, 2.75) is 38.1 Å². The summed E-state index contributed by atoms with van der Waals surface area (Å²) >= 11 is 0. The summed E-state index contributed by atoms with van der Waals surface area (Å²) < 4.78 is 32.7. The minimum Gasteiger partial charge on any atom is -0.380 e. The molecule has 21 heavy (non-hydrogen) atoms. The fraction of sp³-hybridized carbons (Fsp3) is 0.769. The fourth-order valence-corrected chi connectivity index (χ4v) is 3.42. The van der Waals surface area contributed by atoms with Crippen LogP contribution in [0.4, 0.5) is 0 Å². The van der Waals surface area contributed by atoms with E-state index >= 15 is 0 Å². The van der Waals surface area contributed by atoms with Crippen LogP contribution in [-0.2, 0) is 21.3 Å². The number of nitrogens with one attached hydrogen (secondary N) is 3. The van der Waals surface area contributed by atoms with Crippen LogP contribution < -0.4 is 10.0 Å². The van der Waals surface area contributed by atoms with Crippen LogP contribution in [0.1, 0.15) is 31.2 Å². The molecular formula is C13H24N4O3S. The molecule has 0 saturated heterocycles. The maximum absolute atomic E-state index is 12.4. The Morgan fingerprint density at radius 2 is 2.19 bits per heavy atom. The summed E-state index contributed by atoms with van der Waals surface area (Å²) in [6.45, 7) is 6.26. The van der Waals surface area contributed by atoms with Gasteiger partial charge in [0.1, 0.15) is 4.90 Å². The number of aryl methyl sites for hydroxylation is 1. The summed E-state index contributed by atoms with van der Waals surface area (Å²) in [5.74, 6) is 0.685. The number of nitrogens with zero attached hydrogens (tertiary/aromatic N) is 1. The second-order valence-corrected chi connectivity index (χ2v) is 7.02. The van der Waals surface area contributed by atoms with Gasteiger partial charge in [-0.25, -0.2) is 13.1 Å². The van der Waals surface area contributed by atoms with E-state index in [4.69, 9.17) is 4.74 Å². The predicted octanol–water partition coefficient (Wildman–Crippen LogP) is 0.533. The Labute approximate surface area is 125 Å². The van der Waals surface area contributed by atoms with Gasteiger partial charge in [-0.2, -0.15) is 5.10 Å². The number of ether oxygens (including phenoxy) is 1. The first-order valence-electron chi connectivity index (χ1n) is 7.36. The molecule has 0 aliphatic heterocycles. The van der Waals surface area contributed by atoms with Gasteiger partial charge in [-0.05, 0) is 32.2 Å². The lowest BCUT2D eigenvalue weighted by Gasteiger charge is -2.08. The quantitative estimate of drug-likeness (QED) is 0.547. The van der Waals surface area contributed by atoms with E-state index in [2.05, 4.69) is 20.2 Å². The zero-order valence-corrected chi connectivity index (χ0v) is 13.4. The molecule has 1 aliphatic rings. The van der Waals surface area contributed by atoms with Crippen LogP contribution in [0.25, 0.3) is 0 Å². The molecule has 0 bridgehead atoms. The fourth-order valence-electron chi connectivity index (χ4n) is 2.04. The van der Waals surface area contributed by atoms with Crippen molar-refractivity contribution in [2.24, 2.45) is 5.92 Å². The molecule has 120 valence electrons. The topological polar surface area (TPSA) is 96.1 Å². The van der Waals surface area contributed by atoms with Gasteiger partial charge in [-0.3, -0.25) is 5.10 Å². The van der Waals surface area contributed by atoms with Crippen molar-refractivity contribution >= 4 is 10.0 Å². The van der Waals surface area contributed by atoms with E-state index in [1.807, 2.05) is 6.92 Å². The van der Waals surface area contributed by atoms with Crippen molar-refractivity contribution in [3.63, 3.8) is 0 Å². The zero-order valence-electron chi connectivity index (χ0n) is 12.6. The van der Waals surface area contributed by atoms with Gasteiger partial charge in [0.2, 0.25) is 10.0 Å². The normalized spacial score (nSPS) is 15.5. The van der Waals surface area contributed by atoms with Crippen molar-refractivity contribution in [2.75, 3.05) is 26.3 Å². The predicted molar refractivity (Wildman–Crippen MR) is 79.4 cm³/mol. The third-order valence-corrected chi connectivity index (χ3v) is 5.02. The standard InChI is InChI=1S/C13H24N4O3S/c1-3-14-8-12-13(10(2)16-17-12)21(18,19)15-6-7-20-9-11-4-5-11/h11,14-15H,3-9H2,1-2H3,(H,16,17). The van der Waals surface area contributed by atoms with Gasteiger partial charge < -0.3 is 10.1 Å². The lowest BCUT2D eigenvalue weighted by atomic mass is 10.3. The molecular weight excluding hydrogens is 292 g/mol. The van der Waals surface area contributed by atoms with Gasteiger partial charge in [-0.15, -0.1) is 0 Å². The SMILES string of the molecule is CCNCc1n[nH]c(C)c1S(=O)(=O)NCCOCC1CC1. The van der Waals surface area contributed by atoms with Gasteiger partial charge in [0.15, 0.2) is 0 Å². The second-order valence-electron chi connectivity index (χ2n) is 5.32. The van der Waals surface area contributed by atoms with Crippen LogP contribution in [0, 0.1) is 12.8 Å². The minimum absolute atomic E-state index is 0.241. The Balaban J connectivity index is 1.89. The lowest BCUT2D eigenvalue weighted by Crippen LogP contribution is -2.29. The highest BCUT2D eigenvalue weighted by molar-refractivity contribution is 7.89. The number of sulfonamides is 1. The molecule has 0 radical (unpaired) electrons. The summed E-state index contributed by atoms with van der Waals surface area (Å²) in [4.78, 5) is 0.241. The number of hydrogen-bond donors (Lipinski definition) is 3. The van der Waals surface area contributed by atoms with E-state index in [1.54, 1.807) is 6.92 Å². The monoisotopic (exact) mass is 316 g/mol. The van der Waals surface area contributed by atoms with E-state index in [0.29, 0.717) is 30.5 Å². The highest BCUT2D eigenvalue weighted by Crippen LogP contribution is 2.28. The van der Waals surface area contributed by atoms with Gasteiger partial charge in [-0.1, -0.05) is 6.92 Å². The van der Waals surface area contributed by atoms with E-state index in [0.717, 1.165) is 13.2 Å². The summed E-state index contributed by atoms with van der Waals surface area (Å²) in [5, 5.41) is 9.88. The van der Waals surface area contributed by atoms with Crippen LogP contribution in [0.5, 0.6) is 0 Å². The number of aromatic amines is 1. The van der Waals surface area contributed by atoms with Gasteiger partial charge in [0, 0.05) is 19.7 Å². The largest absolute Gasteiger partial charge is 0.380 e. The third-order valence-electron chi connectivity index (χ3n) is 3.36. The van der Waals surface area contributed by atoms with Crippen LogP contribution >= 0.6 is 0 Å². The molecule has 0 unspecified atom stereocenters. The first-order chi connectivity index (χ1) is 10.0. The molecule has 0 spiro atoms. The molecule has 1 fully saturated rings. The second kappa shape index (κ2) is 7.35. The van der Waals surface area contributed by atoms with E-state index in [9.17, 15) is 8.42 Å². The highest BCUT2D eigenvalue weighted by atomic mass is 32.2. The Hall–Kier alpha value is -0.960. The van der Waals surface area contributed by atoms with Gasteiger partial charge >= 0.3 is 0 Å². The average molecular weight is 316 g/mol. The summed E-state index contributed by atoms with van der Waals surface area (Å²) in [7, 11) is -3.56. The highest BCUT2D eigenvalue weighted by Gasteiger charge is 2.24. The molecule has 1 saturated carbocycles. The van der Waals surface area contributed by atoms with Crippen molar-refractivity contribution in [1.82, 2.24) is 20.2 Å². The third kappa shape index (κ3) is 4.77. The Morgan fingerprint density at radius 1 is 1.43 bits per heavy atom. The smallest absolute Gasteiger partial charge is 0.244 e. The van der Waals surface area contributed by atoms with Crippen LogP contribution in [0.3, 0.4) is 0 Å². The van der Waals surface area contributed by atoms with E-state index in [-0.39, 0.29) is 11.4 Å². The number of H-pyrrole nitrogens is 1. The first kappa shape index (κ1) is 16.4. The van der Waals surface area contributed by atoms with Crippen LogP contribution in [0.15, 0.2) is 4.90 Å². The Kier molecular flexibility index (Phi) is 5.74. The molecule has 8 heteroatoms. The molecule has 1 heterocycles. The summed E-state index contributed by atoms with van der Waals surface area (Å²) in [5.41, 5.74) is 1.06. The maximum Gasteiger partial charge on any atom is 0.244 e. The molecule has 3 N–H and O–H groups in total. The molecule has 0 amide bonds. The number of aromatic nitrogens is 2. The molecule has 0 atom stereocenters. The zero-order chi connectivity index (χ0) is 15.3. The molecule has 1 aromatic heterocycles. The van der Waals surface area contributed by atoms with Crippen LogP contribution in [0.2, 0.25) is 0 Å². The van der Waals surface area contributed by atoms with E-state index < -0.39 is 10.0 Å². The van der Waals surface area contributed by atoms with Crippen molar-refractivity contribution < 1.29 is 13.2 Å². The average Bonchev–Trinajstić information content (AvgIpc) is 3.18. The number of rotatable bonds is 10. The van der Waals surface area contributed by atoms with Gasteiger partial charge in [0.05, 0.1) is 18.0 Å². The Morgan fingerprint density at radius 3 is 2.86 bits per heavy atom. The van der Waals surface area contributed by atoms with Gasteiger partial charge in [0.25, 0.3) is 0 Å². The molecule has 7 nitrogen and oxygen atoms in total.